The number of unbranched alkanes of at least 4 members (excludes halogenated alkanes) is 17. The van der Waals surface area contributed by atoms with E-state index in [4.69, 9.17) is 37.9 Å². The summed E-state index contributed by atoms with van der Waals surface area (Å²) in [5.41, 5.74) is 5.02. The van der Waals surface area contributed by atoms with E-state index in [9.17, 15) is 28.8 Å². The zero-order valence-electron chi connectivity index (χ0n) is 52.5. The molecule has 6 aromatic rings. The highest BCUT2D eigenvalue weighted by atomic mass is 16.6. The summed E-state index contributed by atoms with van der Waals surface area (Å²) in [7, 11) is 2.89. The van der Waals surface area contributed by atoms with Crippen molar-refractivity contribution in [2.45, 2.75) is 194 Å². The molecule has 0 aliphatic rings. The Kier molecular flexibility index (Phi) is 29.8. The third-order valence-corrected chi connectivity index (χ3v) is 15.3. The quantitative estimate of drug-likeness (QED) is 0.0202. The molecule has 0 N–H and O–H groups in total. The summed E-state index contributed by atoms with van der Waals surface area (Å²) in [6.45, 7) is 8.26. The van der Waals surface area contributed by atoms with Crippen LogP contribution in [-0.4, -0.2) is 62.2 Å². The summed E-state index contributed by atoms with van der Waals surface area (Å²) in [6.07, 6.45) is 23.1. The minimum Gasteiger partial charge on any atom is -0.493 e. The van der Waals surface area contributed by atoms with Crippen LogP contribution in [0.3, 0.4) is 0 Å². The van der Waals surface area contributed by atoms with Gasteiger partial charge >= 0.3 is 35.8 Å². The fourth-order valence-corrected chi connectivity index (χ4v) is 10.1. The van der Waals surface area contributed by atoms with Crippen LogP contribution in [0.15, 0.2) is 133 Å². The fraction of sp³-hybridized carbons (Fsp3) is 0.432. The molecule has 2 atom stereocenters. The van der Waals surface area contributed by atoms with Gasteiger partial charge in [-0.1, -0.05) is 165 Å². The van der Waals surface area contributed by atoms with Gasteiger partial charge in [-0.15, -0.1) is 0 Å². The van der Waals surface area contributed by atoms with Gasteiger partial charge in [0.25, 0.3) is 0 Å². The zero-order chi connectivity index (χ0) is 62.9. The van der Waals surface area contributed by atoms with Crippen LogP contribution in [0.4, 0.5) is 0 Å². The van der Waals surface area contributed by atoms with Gasteiger partial charge < -0.3 is 37.9 Å². The highest BCUT2D eigenvalue weighted by molar-refractivity contribution is 5.94. The van der Waals surface area contributed by atoms with Crippen molar-refractivity contribution in [3.05, 3.63) is 156 Å². The van der Waals surface area contributed by atoms with Crippen molar-refractivity contribution in [3.63, 3.8) is 0 Å². The number of hydrogen-bond acceptors (Lipinski definition) is 14. The molecule has 0 aliphatic heterocycles. The van der Waals surface area contributed by atoms with E-state index >= 15 is 0 Å². The Labute approximate surface area is 520 Å². The Balaban J connectivity index is 0.793. The Morgan fingerprint density at radius 1 is 0.318 bits per heavy atom. The largest absolute Gasteiger partial charge is 0.493 e. The Bertz CT molecular complexity index is 2900. The van der Waals surface area contributed by atoms with Gasteiger partial charge in [0.05, 0.1) is 48.7 Å². The molecule has 6 rings (SSSR count). The lowest BCUT2D eigenvalue weighted by Crippen LogP contribution is -2.15. The summed E-state index contributed by atoms with van der Waals surface area (Å²) >= 11 is 0. The molecule has 470 valence electrons. The summed E-state index contributed by atoms with van der Waals surface area (Å²) in [5.74, 6) is -0.995. The predicted octanol–water partition coefficient (Wildman–Crippen LogP) is 18.5. The summed E-state index contributed by atoms with van der Waals surface area (Å²) < 4.78 is 44.8. The molecule has 0 aromatic heterocycles. The van der Waals surface area contributed by atoms with Crippen molar-refractivity contribution >= 4 is 35.8 Å². The highest BCUT2D eigenvalue weighted by Gasteiger charge is 2.20. The van der Waals surface area contributed by atoms with Gasteiger partial charge in [0, 0.05) is 12.8 Å². The Morgan fingerprint density at radius 2 is 0.614 bits per heavy atom. The van der Waals surface area contributed by atoms with Gasteiger partial charge in [0.15, 0.2) is 23.0 Å². The van der Waals surface area contributed by atoms with Gasteiger partial charge in [-0.3, -0.25) is 9.59 Å². The van der Waals surface area contributed by atoms with Crippen LogP contribution in [0, 0.1) is 0 Å². The van der Waals surface area contributed by atoms with Gasteiger partial charge in [-0.25, -0.2) is 19.2 Å². The Hall–Kier alpha value is -8.26. The third kappa shape index (κ3) is 23.8. The molecule has 0 heterocycles. The molecule has 0 saturated heterocycles. The maximum absolute atomic E-state index is 13.1. The standard InChI is InChI=1S/C74H90O14/c1-7-9-11-19-23-27-53(3)83-71(77)59-35-31-55(32-36-59)57-39-45-63(46-40-57)85-73(79)61-43-49-65(67(51-61)81-5)87-69(75)29-25-21-17-15-13-14-16-18-22-26-30-70(76)88-66-50-44-62(52-68(66)82-6)74(80)86-64-47-41-58(42-48-64)56-33-37-60(38-34-56)72(78)84-54(4)28-24-20-12-10-8-2/h31-54H,7-30H2,1-6H3. The number of hydrogen-bond donors (Lipinski definition) is 0. The van der Waals surface area contributed by atoms with E-state index in [-0.39, 0.29) is 83.1 Å². The van der Waals surface area contributed by atoms with Gasteiger partial charge in [-0.05, 0) is 160 Å². The molecule has 0 fully saturated rings. The molecule has 0 bridgehead atoms. The van der Waals surface area contributed by atoms with E-state index in [1.807, 2.05) is 62.4 Å². The van der Waals surface area contributed by atoms with Gasteiger partial charge in [0.2, 0.25) is 0 Å². The first-order valence-electron chi connectivity index (χ1n) is 31.8. The van der Waals surface area contributed by atoms with Gasteiger partial charge in [0.1, 0.15) is 11.5 Å². The van der Waals surface area contributed by atoms with Crippen LogP contribution in [0.2, 0.25) is 0 Å². The van der Waals surface area contributed by atoms with Crippen LogP contribution >= 0.6 is 0 Å². The number of rotatable bonds is 39. The molecular formula is C74H90O14. The topological polar surface area (TPSA) is 176 Å². The molecule has 0 amide bonds. The lowest BCUT2D eigenvalue weighted by molar-refractivity contribution is -0.135. The van der Waals surface area contributed by atoms with E-state index in [0.717, 1.165) is 112 Å². The Morgan fingerprint density at radius 3 is 0.943 bits per heavy atom. The minimum absolute atomic E-state index is 0.136. The minimum atomic E-state index is -0.596. The van der Waals surface area contributed by atoms with E-state index in [1.165, 1.54) is 89.1 Å². The van der Waals surface area contributed by atoms with Crippen LogP contribution in [0.25, 0.3) is 22.3 Å². The van der Waals surface area contributed by atoms with Crippen molar-refractivity contribution in [2.24, 2.45) is 0 Å². The van der Waals surface area contributed by atoms with Crippen molar-refractivity contribution in [2.75, 3.05) is 14.2 Å². The fourth-order valence-electron chi connectivity index (χ4n) is 10.1. The highest BCUT2D eigenvalue weighted by Crippen LogP contribution is 2.32. The van der Waals surface area contributed by atoms with Crippen LogP contribution in [0.5, 0.6) is 34.5 Å². The second-order valence-corrected chi connectivity index (χ2v) is 22.5. The van der Waals surface area contributed by atoms with E-state index < -0.39 is 11.9 Å². The third-order valence-electron chi connectivity index (χ3n) is 15.3. The summed E-state index contributed by atoms with van der Waals surface area (Å²) in [4.78, 5) is 77.2. The SMILES string of the molecule is CCCCCCCC(C)OC(=O)c1ccc(-c2ccc(OC(=O)c3ccc(OC(=O)CCCCCCCCCCCCC(=O)Oc4ccc(C(=O)Oc5ccc(-c6ccc(C(=O)OC(C)CCCCCCC)cc6)cc5)cc4OC)c(OC)c3)cc2)cc1. The summed E-state index contributed by atoms with van der Waals surface area (Å²) in [5, 5.41) is 0. The van der Waals surface area contributed by atoms with E-state index in [2.05, 4.69) is 13.8 Å². The number of benzene rings is 6. The number of esters is 6. The molecule has 0 radical (unpaired) electrons. The molecule has 0 spiro atoms. The number of carbonyl (C=O) groups excluding carboxylic acids is 6. The number of ether oxygens (including phenoxy) is 8. The smallest absolute Gasteiger partial charge is 0.343 e. The van der Waals surface area contributed by atoms with Crippen molar-refractivity contribution in [1.82, 2.24) is 0 Å². The first-order valence-corrected chi connectivity index (χ1v) is 31.8. The molecule has 14 nitrogen and oxygen atoms in total. The lowest BCUT2D eigenvalue weighted by Gasteiger charge is -2.13. The molecule has 6 aromatic carbocycles. The molecule has 88 heavy (non-hydrogen) atoms. The average molecular weight is 1200 g/mol. The second kappa shape index (κ2) is 38.1. The van der Waals surface area contributed by atoms with Crippen LogP contribution in [0.1, 0.15) is 223 Å². The maximum Gasteiger partial charge on any atom is 0.343 e. The van der Waals surface area contributed by atoms with Crippen LogP contribution in [-0.2, 0) is 19.1 Å². The van der Waals surface area contributed by atoms with E-state index in [1.54, 1.807) is 48.5 Å². The predicted molar refractivity (Wildman–Crippen MR) is 343 cm³/mol. The molecule has 14 heteroatoms. The van der Waals surface area contributed by atoms with Gasteiger partial charge in [-0.2, -0.15) is 0 Å². The maximum atomic E-state index is 13.1. The number of carbonyl (C=O) groups is 6. The number of methoxy groups -OCH3 is 2. The molecule has 2 unspecified atom stereocenters. The molecule has 0 saturated carbocycles. The van der Waals surface area contributed by atoms with Crippen LogP contribution < -0.4 is 28.4 Å². The normalized spacial score (nSPS) is 11.7. The van der Waals surface area contributed by atoms with Crippen molar-refractivity contribution in [3.8, 4) is 56.8 Å². The summed E-state index contributed by atoms with van der Waals surface area (Å²) in [6, 6.07) is 37.8. The first-order chi connectivity index (χ1) is 42.8. The molecular weight excluding hydrogens is 1110 g/mol. The zero-order valence-corrected chi connectivity index (χ0v) is 52.5. The van der Waals surface area contributed by atoms with Crippen molar-refractivity contribution in [1.29, 1.82) is 0 Å². The lowest BCUT2D eigenvalue weighted by atomic mass is 10.0. The second-order valence-electron chi connectivity index (χ2n) is 22.5. The average Bonchev–Trinajstić information content (AvgIpc) is 3.69. The molecule has 0 aliphatic carbocycles. The first kappa shape index (κ1) is 68.8. The monoisotopic (exact) mass is 1200 g/mol. The van der Waals surface area contributed by atoms with Crippen molar-refractivity contribution < 1.29 is 66.7 Å². The van der Waals surface area contributed by atoms with E-state index in [0.29, 0.717) is 35.5 Å².